The molecule has 1 N–H and O–H groups in total. The van der Waals surface area contributed by atoms with E-state index in [0.717, 1.165) is 6.61 Å². The number of hydrogen-bond donors (Lipinski definition) is 1. The average molecular weight is 239 g/mol. The molecule has 1 aliphatic rings. The van der Waals surface area contributed by atoms with Crippen LogP contribution in [0.2, 0.25) is 0 Å². The Hall–Kier alpha value is -0.380. The van der Waals surface area contributed by atoms with E-state index in [0.29, 0.717) is 12.1 Å². The van der Waals surface area contributed by atoms with Crippen molar-refractivity contribution in [3.63, 3.8) is 0 Å². The molecule has 0 bridgehead atoms. The van der Waals surface area contributed by atoms with Crippen LogP contribution in [0.1, 0.15) is 42.2 Å². The number of hydrogen-bond acceptors (Lipinski definition) is 3. The summed E-state index contributed by atoms with van der Waals surface area (Å²) in [6.07, 6.45) is 5.36. The molecule has 0 amide bonds. The molecule has 2 rings (SSSR count). The zero-order chi connectivity index (χ0) is 11.4. The lowest BCUT2D eigenvalue weighted by atomic mass is 10.0. The molecule has 1 fully saturated rings. The van der Waals surface area contributed by atoms with Crippen LogP contribution >= 0.6 is 11.3 Å². The van der Waals surface area contributed by atoms with Crippen LogP contribution < -0.4 is 5.32 Å². The number of rotatable bonds is 5. The van der Waals surface area contributed by atoms with Crippen LogP contribution in [-0.2, 0) is 4.74 Å². The molecule has 2 heterocycles. The normalized spacial score (nSPS) is 22.5. The first-order valence-electron chi connectivity index (χ1n) is 6.14. The fourth-order valence-electron chi connectivity index (χ4n) is 2.44. The van der Waals surface area contributed by atoms with E-state index in [9.17, 15) is 0 Å². The van der Waals surface area contributed by atoms with E-state index < -0.39 is 0 Å². The second-order valence-electron chi connectivity index (χ2n) is 4.49. The standard InChI is InChI=1S/C13H21NOS/c1-10-12(7-9-16-10)13(14-2)6-5-11-4-3-8-15-11/h7,9,11,13-14H,3-6,8H2,1-2H3. The predicted molar refractivity (Wildman–Crippen MR) is 69.1 cm³/mol. The highest BCUT2D eigenvalue weighted by Gasteiger charge is 2.19. The van der Waals surface area contributed by atoms with Crippen LogP contribution in [-0.4, -0.2) is 19.8 Å². The summed E-state index contributed by atoms with van der Waals surface area (Å²) < 4.78 is 5.67. The van der Waals surface area contributed by atoms with E-state index in [1.807, 2.05) is 11.3 Å². The molecule has 2 unspecified atom stereocenters. The van der Waals surface area contributed by atoms with Crippen LogP contribution in [0.3, 0.4) is 0 Å². The van der Waals surface area contributed by atoms with Crippen molar-refractivity contribution in [3.05, 3.63) is 21.9 Å². The van der Waals surface area contributed by atoms with Crippen molar-refractivity contribution < 1.29 is 4.74 Å². The third-order valence-electron chi connectivity index (χ3n) is 3.42. The van der Waals surface area contributed by atoms with Crippen molar-refractivity contribution in [1.82, 2.24) is 5.32 Å². The van der Waals surface area contributed by atoms with Gasteiger partial charge in [0, 0.05) is 17.5 Å². The van der Waals surface area contributed by atoms with Gasteiger partial charge in [-0.25, -0.2) is 0 Å². The smallest absolute Gasteiger partial charge is 0.0576 e. The van der Waals surface area contributed by atoms with E-state index in [2.05, 4.69) is 30.7 Å². The van der Waals surface area contributed by atoms with Crippen molar-refractivity contribution in [3.8, 4) is 0 Å². The molecule has 1 aromatic rings. The van der Waals surface area contributed by atoms with Gasteiger partial charge in [-0.3, -0.25) is 0 Å². The zero-order valence-corrected chi connectivity index (χ0v) is 11.0. The van der Waals surface area contributed by atoms with Crippen LogP contribution in [0.15, 0.2) is 11.4 Å². The zero-order valence-electron chi connectivity index (χ0n) is 10.2. The molecule has 16 heavy (non-hydrogen) atoms. The lowest BCUT2D eigenvalue weighted by Gasteiger charge is -2.18. The maximum atomic E-state index is 5.67. The minimum Gasteiger partial charge on any atom is -0.378 e. The van der Waals surface area contributed by atoms with E-state index in [1.54, 1.807) is 0 Å². The summed E-state index contributed by atoms with van der Waals surface area (Å²) in [7, 11) is 2.05. The minimum atomic E-state index is 0.496. The molecule has 1 aromatic heterocycles. The highest BCUT2D eigenvalue weighted by molar-refractivity contribution is 7.10. The van der Waals surface area contributed by atoms with Gasteiger partial charge in [-0.05, 0) is 56.7 Å². The maximum Gasteiger partial charge on any atom is 0.0576 e. The lowest BCUT2D eigenvalue weighted by Crippen LogP contribution is -2.18. The van der Waals surface area contributed by atoms with Gasteiger partial charge in [0.15, 0.2) is 0 Å². The third-order valence-corrected chi connectivity index (χ3v) is 4.29. The summed E-state index contributed by atoms with van der Waals surface area (Å²) in [5.74, 6) is 0. The predicted octanol–water partition coefficient (Wildman–Crippen LogP) is 3.28. The van der Waals surface area contributed by atoms with E-state index in [-0.39, 0.29) is 0 Å². The van der Waals surface area contributed by atoms with Gasteiger partial charge in [0.25, 0.3) is 0 Å². The fourth-order valence-corrected chi connectivity index (χ4v) is 3.20. The van der Waals surface area contributed by atoms with Gasteiger partial charge in [0.1, 0.15) is 0 Å². The molecule has 90 valence electrons. The summed E-state index contributed by atoms with van der Waals surface area (Å²) in [6.45, 7) is 3.17. The van der Waals surface area contributed by atoms with Gasteiger partial charge in [0.05, 0.1) is 6.10 Å². The van der Waals surface area contributed by atoms with Crippen LogP contribution in [0.4, 0.5) is 0 Å². The molecule has 1 saturated heterocycles. The molecular formula is C13H21NOS. The average Bonchev–Trinajstić information content (AvgIpc) is 2.92. The van der Waals surface area contributed by atoms with Gasteiger partial charge in [0.2, 0.25) is 0 Å². The quantitative estimate of drug-likeness (QED) is 0.851. The first kappa shape index (κ1) is 12.1. The second-order valence-corrected chi connectivity index (χ2v) is 5.61. The molecule has 0 spiro atoms. The highest BCUT2D eigenvalue weighted by atomic mass is 32.1. The largest absolute Gasteiger partial charge is 0.378 e. The number of ether oxygens (including phenoxy) is 1. The topological polar surface area (TPSA) is 21.3 Å². The van der Waals surface area contributed by atoms with Crippen molar-refractivity contribution in [2.75, 3.05) is 13.7 Å². The van der Waals surface area contributed by atoms with E-state index in [4.69, 9.17) is 4.74 Å². The van der Waals surface area contributed by atoms with Crippen molar-refractivity contribution >= 4 is 11.3 Å². The molecule has 0 saturated carbocycles. The summed E-state index contributed by atoms with van der Waals surface area (Å²) in [6, 6.07) is 2.74. The van der Waals surface area contributed by atoms with Crippen molar-refractivity contribution in [2.45, 2.75) is 44.8 Å². The van der Waals surface area contributed by atoms with Crippen LogP contribution in [0, 0.1) is 6.92 Å². The molecule has 0 aromatic carbocycles. The monoisotopic (exact) mass is 239 g/mol. The Bertz CT molecular complexity index is 317. The third kappa shape index (κ3) is 2.84. The number of aryl methyl sites for hydroxylation is 1. The Kier molecular flexibility index (Phi) is 4.38. The first-order valence-corrected chi connectivity index (χ1v) is 7.02. The Labute approximate surface area is 102 Å². The Morgan fingerprint density at radius 1 is 1.62 bits per heavy atom. The molecule has 0 radical (unpaired) electrons. The molecule has 1 aliphatic heterocycles. The van der Waals surface area contributed by atoms with Gasteiger partial charge < -0.3 is 10.1 Å². The van der Waals surface area contributed by atoms with Gasteiger partial charge in [-0.2, -0.15) is 0 Å². The van der Waals surface area contributed by atoms with Crippen molar-refractivity contribution in [1.29, 1.82) is 0 Å². The second kappa shape index (κ2) is 5.80. The number of nitrogens with one attached hydrogen (secondary N) is 1. The SMILES string of the molecule is CNC(CCC1CCCO1)c1ccsc1C. The summed E-state index contributed by atoms with van der Waals surface area (Å²) in [4.78, 5) is 1.44. The molecule has 0 aliphatic carbocycles. The molecule has 2 atom stereocenters. The lowest BCUT2D eigenvalue weighted by molar-refractivity contribution is 0.0998. The Morgan fingerprint density at radius 3 is 3.06 bits per heavy atom. The summed E-state index contributed by atoms with van der Waals surface area (Å²) in [5, 5.41) is 5.60. The van der Waals surface area contributed by atoms with E-state index >= 15 is 0 Å². The molecule has 2 nitrogen and oxygen atoms in total. The highest BCUT2D eigenvalue weighted by Crippen LogP contribution is 2.28. The molecule has 3 heteroatoms. The summed E-state index contributed by atoms with van der Waals surface area (Å²) >= 11 is 1.83. The fraction of sp³-hybridized carbons (Fsp3) is 0.692. The van der Waals surface area contributed by atoms with Gasteiger partial charge >= 0.3 is 0 Å². The Morgan fingerprint density at radius 2 is 2.50 bits per heavy atom. The first-order chi connectivity index (χ1) is 7.81. The van der Waals surface area contributed by atoms with Gasteiger partial charge in [-0.1, -0.05) is 0 Å². The Balaban J connectivity index is 1.88. The maximum absolute atomic E-state index is 5.67. The van der Waals surface area contributed by atoms with Gasteiger partial charge in [-0.15, -0.1) is 11.3 Å². The number of thiophene rings is 1. The van der Waals surface area contributed by atoms with Crippen molar-refractivity contribution in [2.24, 2.45) is 0 Å². The van der Waals surface area contributed by atoms with Crippen LogP contribution in [0.25, 0.3) is 0 Å². The van der Waals surface area contributed by atoms with E-state index in [1.165, 1.54) is 36.1 Å². The molecular weight excluding hydrogens is 218 g/mol. The summed E-state index contributed by atoms with van der Waals surface area (Å²) in [5.41, 5.74) is 1.46. The minimum absolute atomic E-state index is 0.496. The van der Waals surface area contributed by atoms with Crippen LogP contribution in [0.5, 0.6) is 0 Å².